The van der Waals surface area contributed by atoms with E-state index in [1.165, 1.54) is 0 Å². The second kappa shape index (κ2) is 8.41. The monoisotopic (exact) mass is 425 g/mol. The molecular weight excluding hydrogens is 402 g/mol. The number of aromatic nitrogens is 1. The number of aryl methyl sites for hydroxylation is 1. The van der Waals surface area contributed by atoms with Gasteiger partial charge in [0.25, 0.3) is 5.91 Å². The molecule has 156 valence electrons. The summed E-state index contributed by atoms with van der Waals surface area (Å²) in [5.41, 5.74) is 3.90. The lowest BCUT2D eigenvalue weighted by Crippen LogP contribution is -2.39. The van der Waals surface area contributed by atoms with Gasteiger partial charge in [0, 0.05) is 43.4 Å². The number of sulfone groups is 1. The molecule has 0 saturated carbocycles. The molecule has 2 heterocycles. The summed E-state index contributed by atoms with van der Waals surface area (Å²) in [7, 11) is -2.90. The highest BCUT2D eigenvalue weighted by molar-refractivity contribution is 7.91. The van der Waals surface area contributed by atoms with Crippen molar-refractivity contribution in [3.63, 3.8) is 0 Å². The molecule has 0 radical (unpaired) electrons. The van der Waals surface area contributed by atoms with Crippen LogP contribution in [0.15, 0.2) is 59.2 Å². The molecule has 1 saturated heterocycles. The Morgan fingerprint density at radius 1 is 1.13 bits per heavy atom. The molecule has 7 nitrogen and oxygen atoms in total. The number of rotatable bonds is 5. The predicted octanol–water partition coefficient (Wildman–Crippen LogP) is 3.13. The number of benzene rings is 2. The van der Waals surface area contributed by atoms with Gasteiger partial charge in [-0.3, -0.25) is 9.69 Å². The molecule has 0 spiro atoms. The Balaban J connectivity index is 1.39. The lowest BCUT2D eigenvalue weighted by atomic mass is 10.1. The first-order valence-corrected chi connectivity index (χ1v) is 11.6. The van der Waals surface area contributed by atoms with Crippen LogP contribution in [0, 0.1) is 6.92 Å². The fourth-order valence-electron chi connectivity index (χ4n) is 3.40. The van der Waals surface area contributed by atoms with Crippen molar-refractivity contribution in [2.45, 2.75) is 13.5 Å². The maximum atomic E-state index is 12.7. The molecule has 1 N–H and O–H groups in total. The molecule has 1 amide bonds. The van der Waals surface area contributed by atoms with E-state index >= 15 is 0 Å². The second-order valence-electron chi connectivity index (χ2n) is 7.41. The van der Waals surface area contributed by atoms with Crippen LogP contribution in [-0.2, 0) is 16.4 Å². The zero-order chi connectivity index (χ0) is 21.1. The first-order valence-electron chi connectivity index (χ1n) is 9.74. The van der Waals surface area contributed by atoms with Crippen LogP contribution in [0.3, 0.4) is 0 Å². The lowest BCUT2D eigenvalue weighted by molar-refractivity contribution is 0.102. The van der Waals surface area contributed by atoms with Gasteiger partial charge in [-0.15, -0.1) is 0 Å². The van der Waals surface area contributed by atoms with E-state index in [4.69, 9.17) is 4.42 Å². The molecule has 2 aromatic carbocycles. The molecule has 1 aliphatic heterocycles. The topological polar surface area (TPSA) is 92.5 Å². The summed E-state index contributed by atoms with van der Waals surface area (Å²) in [6.45, 7) is 3.47. The fourth-order valence-corrected chi connectivity index (χ4v) is 4.68. The van der Waals surface area contributed by atoms with Crippen LogP contribution in [0.1, 0.15) is 21.8 Å². The Morgan fingerprint density at radius 2 is 1.87 bits per heavy atom. The number of oxazole rings is 1. The van der Waals surface area contributed by atoms with Gasteiger partial charge in [-0.05, 0) is 29.8 Å². The molecular formula is C22H23N3O4S. The van der Waals surface area contributed by atoms with Crippen LogP contribution in [0.2, 0.25) is 0 Å². The Hall–Kier alpha value is -2.97. The van der Waals surface area contributed by atoms with Gasteiger partial charge in [0.2, 0.25) is 0 Å². The minimum absolute atomic E-state index is 0.192. The predicted molar refractivity (Wildman–Crippen MR) is 115 cm³/mol. The summed E-state index contributed by atoms with van der Waals surface area (Å²) in [6, 6.07) is 14.8. The van der Waals surface area contributed by atoms with E-state index in [1.807, 2.05) is 42.5 Å². The summed E-state index contributed by atoms with van der Waals surface area (Å²) in [5.74, 6) is 0.797. The first-order chi connectivity index (χ1) is 14.4. The number of carbonyl (C=O) groups is 1. The van der Waals surface area contributed by atoms with Gasteiger partial charge in [-0.2, -0.15) is 0 Å². The average Bonchev–Trinajstić information content (AvgIpc) is 3.17. The summed E-state index contributed by atoms with van der Waals surface area (Å²) in [6.07, 6.45) is 1.60. The maximum Gasteiger partial charge on any atom is 0.255 e. The van der Waals surface area contributed by atoms with E-state index in [0.717, 1.165) is 16.8 Å². The molecule has 1 aromatic heterocycles. The third-order valence-electron chi connectivity index (χ3n) is 5.09. The van der Waals surface area contributed by atoms with Gasteiger partial charge in [-0.25, -0.2) is 13.4 Å². The number of carbonyl (C=O) groups excluding carboxylic acids is 1. The first kappa shape index (κ1) is 20.3. The van der Waals surface area contributed by atoms with Crippen molar-refractivity contribution in [2.75, 3.05) is 29.9 Å². The van der Waals surface area contributed by atoms with Gasteiger partial charge < -0.3 is 9.73 Å². The van der Waals surface area contributed by atoms with E-state index in [2.05, 4.69) is 15.2 Å². The van der Waals surface area contributed by atoms with Crippen LogP contribution in [0.25, 0.3) is 11.3 Å². The summed E-state index contributed by atoms with van der Waals surface area (Å²) in [5, 5.41) is 2.91. The van der Waals surface area contributed by atoms with Crippen molar-refractivity contribution in [2.24, 2.45) is 0 Å². The quantitative estimate of drug-likeness (QED) is 0.675. The zero-order valence-corrected chi connectivity index (χ0v) is 17.5. The Labute approximate surface area is 175 Å². The Kier molecular flexibility index (Phi) is 5.69. The van der Waals surface area contributed by atoms with Crippen LogP contribution in [0.4, 0.5) is 5.69 Å². The molecule has 0 atom stereocenters. The smallest absolute Gasteiger partial charge is 0.255 e. The molecule has 30 heavy (non-hydrogen) atoms. The van der Waals surface area contributed by atoms with Crippen molar-refractivity contribution >= 4 is 21.4 Å². The minimum atomic E-state index is -2.90. The molecule has 3 aromatic rings. The molecule has 1 fully saturated rings. The normalized spacial score (nSPS) is 16.3. The zero-order valence-electron chi connectivity index (χ0n) is 16.7. The van der Waals surface area contributed by atoms with Crippen LogP contribution in [0.5, 0.6) is 0 Å². The van der Waals surface area contributed by atoms with Crippen molar-refractivity contribution < 1.29 is 17.6 Å². The number of anilines is 1. The number of hydrogen-bond donors (Lipinski definition) is 1. The van der Waals surface area contributed by atoms with Crippen molar-refractivity contribution in [3.05, 3.63) is 71.8 Å². The highest BCUT2D eigenvalue weighted by atomic mass is 32.2. The fraction of sp³-hybridized carbons (Fsp3) is 0.273. The van der Waals surface area contributed by atoms with Gasteiger partial charge in [0.1, 0.15) is 12.0 Å². The van der Waals surface area contributed by atoms with Crippen molar-refractivity contribution in [3.8, 4) is 11.3 Å². The summed E-state index contributed by atoms with van der Waals surface area (Å²) in [4.78, 5) is 19.1. The van der Waals surface area contributed by atoms with E-state index < -0.39 is 9.84 Å². The third kappa shape index (κ3) is 4.95. The van der Waals surface area contributed by atoms with Gasteiger partial charge in [0.05, 0.1) is 11.5 Å². The average molecular weight is 426 g/mol. The van der Waals surface area contributed by atoms with Gasteiger partial charge in [0.15, 0.2) is 15.7 Å². The van der Waals surface area contributed by atoms with Gasteiger partial charge in [-0.1, -0.05) is 24.3 Å². The molecule has 8 heteroatoms. The molecule has 1 aliphatic rings. The standard InChI is InChI=1S/C22H23N3O4S/c1-16-23-21(15-29-16)18-5-7-20(8-6-18)24-22(26)19-4-2-3-17(13-19)14-25-9-11-30(27,28)12-10-25/h2-8,13,15H,9-12,14H2,1H3,(H,24,26). The van der Waals surface area contributed by atoms with E-state index in [-0.39, 0.29) is 17.4 Å². The van der Waals surface area contributed by atoms with E-state index in [9.17, 15) is 13.2 Å². The lowest BCUT2D eigenvalue weighted by Gasteiger charge is -2.26. The van der Waals surface area contributed by atoms with Crippen LogP contribution < -0.4 is 5.32 Å². The largest absolute Gasteiger partial charge is 0.449 e. The summed E-state index contributed by atoms with van der Waals surface area (Å²) < 4.78 is 28.4. The minimum Gasteiger partial charge on any atom is -0.449 e. The highest BCUT2D eigenvalue weighted by Gasteiger charge is 2.21. The van der Waals surface area contributed by atoms with Gasteiger partial charge >= 0.3 is 0 Å². The van der Waals surface area contributed by atoms with Crippen LogP contribution in [-0.4, -0.2) is 48.8 Å². The maximum absolute atomic E-state index is 12.7. The van der Waals surface area contributed by atoms with Crippen molar-refractivity contribution in [1.82, 2.24) is 9.88 Å². The Bertz CT molecular complexity index is 1140. The molecule has 0 unspecified atom stereocenters. The summed E-state index contributed by atoms with van der Waals surface area (Å²) >= 11 is 0. The van der Waals surface area contributed by atoms with E-state index in [0.29, 0.717) is 36.8 Å². The SMILES string of the molecule is Cc1nc(-c2ccc(NC(=O)c3cccc(CN4CCS(=O)(=O)CC4)c3)cc2)co1. The van der Waals surface area contributed by atoms with E-state index in [1.54, 1.807) is 19.3 Å². The third-order valence-corrected chi connectivity index (χ3v) is 6.70. The second-order valence-corrected chi connectivity index (χ2v) is 9.72. The number of amides is 1. The number of nitrogens with zero attached hydrogens (tertiary/aromatic N) is 2. The number of hydrogen-bond acceptors (Lipinski definition) is 6. The van der Waals surface area contributed by atoms with Crippen molar-refractivity contribution in [1.29, 1.82) is 0 Å². The van der Waals surface area contributed by atoms with Crippen LogP contribution >= 0.6 is 0 Å². The molecule has 4 rings (SSSR count). The molecule has 0 bridgehead atoms. The molecule has 0 aliphatic carbocycles. The number of nitrogens with one attached hydrogen (secondary N) is 1. The highest BCUT2D eigenvalue weighted by Crippen LogP contribution is 2.21. The Morgan fingerprint density at radius 3 is 2.53 bits per heavy atom.